The van der Waals surface area contributed by atoms with Crippen LogP contribution >= 0.6 is 0 Å². The fraction of sp³-hybridized carbons (Fsp3) is 0.308. The second kappa shape index (κ2) is 6.02. The first kappa shape index (κ1) is 11.5. The Bertz CT molecular complexity index is 317. The van der Waals surface area contributed by atoms with E-state index in [1.54, 1.807) is 6.08 Å². The van der Waals surface area contributed by atoms with Crippen molar-refractivity contribution < 1.29 is 9.53 Å². The van der Waals surface area contributed by atoms with E-state index in [1.807, 2.05) is 37.3 Å². The van der Waals surface area contributed by atoms with Crippen LogP contribution in [0.3, 0.4) is 0 Å². The largest absolute Gasteiger partial charge is 0.465 e. The van der Waals surface area contributed by atoms with Crippen LogP contribution in [0.4, 0.5) is 0 Å². The fourth-order valence-corrected chi connectivity index (χ4v) is 1.27. The van der Waals surface area contributed by atoms with Crippen LogP contribution in [0.5, 0.6) is 0 Å². The minimum Gasteiger partial charge on any atom is -0.465 e. The van der Waals surface area contributed by atoms with E-state index in [4.69, 9.17) is 4.74 Å². The molecule has 0 spiro atoms. The molecule has 0 bridgehead atoms. The van der Waals surface area contributed by atoms with Gasteiger partial charge < -0.3 is 4.74 Å². The lowest BCUT2D eigenvalue weighted by molar-refractivity contribution is -0.143. The molecule has 0 fully saturated rings. The monoisotopic (exact) mass is 204 g/mol. The van der Waals surface area contributed by atoms with Gasteiger partial charge in [0, 0.05) is 5.92 Å². The summed E-state index contributed by atoms with van der Waals surface area (Å²) < 4.78 is 5.09. The van der Waals surface area contributed by atoms with Crippen LogP contribution in [-0.2, 0) is 9.53 Å². The van der Waals surface area contributed by atoms with Crippen molar-refractivity contribution in [2.75, 3.05) is 6.61 Å². The van der Waals surface area contributed by atoms with Crippen molar-refractivity contribution in [1.82, 2.24) is 0 Å². The van der Waals surface area contributed by atoms with E-state index >= 15 is 0 Å². The van der Waals surface area contributed by atoms with Crippen LogP contribution < -0.4 is 0 Å². The maximum Gasteiger partial charge on any atom is 0.309 e. The third kappa shape index (κ3) is 3.98. The molecule has 1 aromatic rings. The number of ether oxygens (including phenoxy) is 1. The summed E-state index contributed by atoms with van der Waals surface area (Å²) in [5.41, 5.74) is 1.18. The fourth-order valence-electron chi connectivity index (χ4n) is 1.27. The molecule has 0 aliphatic heterocycles. The molecule has 0 aliphatic rings. The Kier molecular flexibility index (Phi) is 4.61. The lowest BCUT2D eigenvalue weighted by Crippen LogP contribution is -2.09. The van der Waals surface area contributed by atoms with Crippen LogP contribution in [0.1, 0.15) is 24.8 Å². The molecule has 1 aromatic carbocycles. The first-order valence-corrected chi connectivity index (χ1v) is 5.05. The maximum atomic E-state index is 11.1. The number of carbonyl (C=O) groups excluding carboxylic acids is 1. The van der Waals surface area contributed by atoms with Gasteiger partial charge in [-0.1, -0.05) is 43.3 Å². The van der Waals surface area contributed by atoms with Crippen LogP contribution in [0.2, 0.25) is 0 Å². The molecule has 1 unspecified atom stereocenters. The quantitative estimate of drug-likeness (QED) is 0.544. The van der Waals surface area contributed by atoms with Gasteiger partial charge in [0.1, 0.15) is 0 Å². The summed E-state index contributed by atoms with van der Waals surface area (Å²) in [5, 5.41) is 0. The van der Waals surface area contributed by atoms with Gasteiger partial charge in [-0.2, -0.15) is 0 Å². The predicted octanol–water partition coefficient (Wildman–Crippen LogP) is 2.91. The van der Waals surface area contributed by atoms with E-state index in [2.05, 4.69) is 6.58 Å². The summed E-state index contributed by atoms with van der Waals surface area (Å²) in [6.45, 7) is 5.95. The Morgan fingerprint density at radius 3 is 2.73 bits per heavy atom. The number of rotatable bonds is 5. The Labute approximate surface area is 90.6 Å². The summed E-state index contributed by atoms with van der Waals surface area (Å²) in [5.74, 6) is 0.0211. The van der Waals surface area contributed by atoms with Crippen LogP contribution in [0, 0.1) is 0 Å². The predicted molar refractivity (Wildman–Crippen MR) is 60.6 cm³/mol. The minimum absolute atomic E-state index is 0.215. The molecule has 0 saturated heterocycles. The second-order valence-electron chi connectivity index (χ2n) is 3.49. The van der Waals surface area contributed by atoms with E-state index < -0.39 is 0 Å². The van der Waals surface area contributed by atoms with Gasteiger partial charge in [0.2, 0.25) is 0 Å². The molecule has 1 atom stereocenters. The van der Waals surface area contributed by atoms with Gasteiger partial charge in [-0.15, -0.1) is 6.58 Å². The molecule has 0 saturated carbocycles. The Morgan fingerprint density at radius 1 is 1.47 bits per heavy atom. The van der Waals surface area contributed by atoms with Gasteiger partial charge >= 0.3 is 5.97 Å². The smallest absolute Gasteiger partial charge is 0.309 e. The van der Waals surface area contributed by atoms with Gasteiger partial charge in [0.25, 0.3) is 0 Å². The zero-order valence-electron chi connectivity index (χ0n) is 8.98. The highest BCUT2D eigenvalue weighted by atomic mass is 16.5. The molecule has 2 heteroatoms. The molecular weight excluding hydrogens is 188 g/mol. The van der Waals surface area contributed by atoms with Gasteiger partial charge in [-0.05, 0) is 5.56 Å². The first-order chi connectivity index (χ1) is 7.24. The number of benzene rings is 1. The maximum absolute atomic E-state index is 11.1. The molecule has 0 aliphatic carbocycles. The summed E-state index contributed by atoms with van der Waals surface area (Å²) in [6, 6.07) is 10.0. The normalized spacial score (nSPS) is 11.8. The third-order valence-corrected chi connectivity index (χ3v) is 2.17. The summed E-state index contributed by atoms with van der Waals surface area (Å²) in [6.07, 6.45) is 1.83. The minimum atomic E-state index is -0.215. The van der Waals surface area contributed by atoms with E-state index in [9.17, 15) is 4.79 Å². The van der Waals surface area contributed by atoms with Crippen LogP contribution in [-0.4, -0.2) is 12.6 Å². The van der Waals surface area contributed by atoms with Crippen molar-refractivity contribution in [1.29, 1.82) is 0 Å². The molecule has 0 aromatic heterocycles. The average Bonchev–Trinajstić information content (AvgIpc) is 2.27. The highest BCUT2D eigenvalue weighted by molar-refractivity contribution is 5.71. The molecule has 80 valence electrons. The number of hydrogen-bond donors (Lipinski definition) is 0. The van der Waals surface area contributed by atoms with Crippen molar-refractivity contribution in [2.24, 2.45) is 0 Å². The summed E-state index contributed by atoms with van der Waals surface area (Å²) >= 11 is 0. The molecular formula is C13H16O2. The van der Waals surface area contributed by atoms with Crippen LogP contribution in [0.15, 0.2) is 43.0 Å². The van der Waals surface area contributed by atoms with Crippen molar-refractivity contribution in [3.8, 4) is 0 Å². The molecule has 0 radical (unpaired) electrons. The highest BCUT2D eigenvalue weighted by Gasteiger charge is 2.07. The first-order valence-electron chi connectivity index (χ1n) is 5.05. The van der Waals surface area contributed by atoms with E-state index in [0.717, 1.165) is 0 Å². The van der Waals surface area contributed by atoms with E-state index in [1.165, 1.54) is 5.56 Å². The van der Waals surface area contributed by atoms with Gasteiger partial charge in [-0.3, -0.25) is 4.79 Å². The zero-order chi connectivity index (χ0) is 11.1. The molecule has 0 heterocycles. The van der Waals surface area contributed by atoms with E-state index in [-0.39, 0.29) is 18.3 Å². The topological polar surface area (TPSA) is 26.3 Å². The van der Waals surface area contributed by atoms with Crippen molar-refractivity contribution in [2.45, 2.75) is 19.3 Å². The van der Waals surface area contributed by atoms with Crippen molar-refractivity contribution in [3.05, 3.63) is 48.6 Å². The lowest BCUT2D eigenvalue weighted by atomic mass is 10.0. The Hall–Kier alpha value is -1.57. The van der Waals surface area contributed by atoms with E-state index in [0.29, 0.717) is 6.61 Å². The molecule has 0 amide bonds. The summed E-state index contributed by atoms with van der Waals surface area (Å²) in [7, 11) is 0. The number of esters is 1. The molecule has 2 nitrogen and oxygen atoms in total. The van der Waals surface area contributed by atoms with Crippen molar-refractivity contribution in [3.63, 3.8) is 0 Å². The van der Waals surface area contributed by atoms with Gasteiger partial charge in [0.05, 0.1) is 13.0 Å². The standard InChI is InChI=1S/C13H16O2/c1-3-7-13(14)15-10-11(2)12-8-5-4-6-9-12/h3-6,8-9,11H,1,7,10H2,2H3. The van der Waals surface area contributed by atoms with Gasteiger partial charge in [-0.25, -0.2) is 0 Å². The van der Waals surface area contributed by atoms with Gasteiger partial charge in [0.15, 0.2) is 0 Å². The SMILES string of the molecule is C=CCC(=O)OCC(C)c1ccccc1. The zero-order valence-corrected chi connectivity index (χ0v) is 8.98. The Balaban J connectivity index is 2.40. The molecule has 1 rings (SSSR count). The molecule has 15 heavy (non-hydrogen) atoms. The molecule has 0 N–H and O–H groups in total. The third-order valence-electron chi connectivity index (χ3n) is 2.17. The lowest BCUT2D eigenvalue weighted by Gasteiger charge is -2.11. The second-order valence-corrected chi connectivity index (χ2v) is 3.49. The van der Waals surface area contributed by atoms with Crippen LogP contribution in [0.25, 0.3) is 0 Å². The summed E-state index contributed by atoms with van der Waals surface area (Å²) in [4.78, 5) is 11.1. The average molecular weight is 204 g/mol. The Morgan fingerprint density at radius 2 is 2.13 bits per heavy atom. The number of hydrogen-bond acceptors (Lipinski definition) is 2. The highest BCUT2D eigenvalue weighted by Crippen LogP contribution is 2.14. The number of carbonyl (C=O) groups is 1. The van der Waals surface area contributed by atoms with Crippen molar-refractivity contribution >= 4 is 5.97 Å².